The predicted octanol–water partition coefficient (Wildman–Crippen LogP) is 3.56. The van der Waals surface area contributed by atoms with E-state index in [1.165, 1.54) is 11.3 Å². The van der Waals surface area contributed by atoms with Crippen molar-refractivity contribution < 1.29 is 0 Å². The van der Waals surface area contributed by atoms with Crippen molar-refractivity contribution in [2.45, 2.75) is 20.8 Å². The molecule has 0 atom stereocenters. The van der Waals surface area contributed by atoms with Gasteiger partial charge in [0.2, 0.25) is 0 Å². The molecule has 0 saturated heterocycles. The lowest BCUT2D eigenvalue weighted by Crippen LogP contribution is -2.21. The maximum Gasteiger partial charge on any atom is 0.130 e. The minimum atomic E-state index is 0.671. The van der Waals surface area contributed by atoms with Crippen LogP contribution in [0.4, 0.5) is 22.9 Å². The number of pyridine rings is 1. The van der Waals surface area contributed by atoms with Crippen molar-refractivity contribution in [1.82, 2.24) is 4.98 Å². The molecule has 1 heterocycles. The molecule has 0 aliphatic heterocycles. The first kappa shape index (κ1) is 14.2. The summed E-state index contributed by atoms with van der Waals surface area (Å²) in [4.78, 5) is 6.59. The maximum absolute atomic E-state index is 5.64. The molecule has 20 heavy (non-hydrogen) atoms. The molecule has 0 spiro atoms. The fourth-order valence-corrected chi connectivity index (χ4v) is 2.19. The number of hydrogen-bond donors (Lipinski definition) is 2. The van der Waals surface area contributed by atoms with E-state index in [4.69, 9.17) is 5.73 Å². The molecule has 0 unspecified atom stereocenters. The van der Waals surface area contributed by atoms with Crippen molar-refractivity contribution in [2.24, 2.45) is 0 Å². The fraction of sp³-hybridized carbons (Fsp3) is 0.312. The number of hydrogen-bond acceptors (Lipinski definition) is 4. The summed E-state index contributed by atoms with van der Waals surface area (Å²) in [5.41, 5.74) is 9.83. The lowest BCUT2D eigenvalue weighted by Gasteiger charge is -2.22. The molecule has 0 amide bonds. The zero-order valence-corrected chi connectivity index (χ0v) is 12.4. The Morgan fingerprint density at radius 2 is 1.90 bits per heavy atom. The summed E-state index contributed by atoms with van der Waals surface area (Å²) in [5.74, 6) is 0.804. The minimum absolute atomic E-state index is 0.671. The van der Waals surface area contributed by atoms with Crippen LogP contribution in [0.2, 0.25) is 0 Å². The predicted molar refractivity (Wildman–Crippen MR) is 86.7 cm³/mol. The molecule has 2 aromatic rings. The van der Waals surface area contributed by atoms with Crippen molar-refractivity contribution in [3.05, 3.63) is 42.1 Å². The summed E-state index contributed by atoms with van der Waals surface area (Å²) in [6.45, 7) is 8.48. The Morgan fingerprint density at radius 3 is 2.45 bits per heavy atom. The first-order chi connectivity index (χ1) is 9.63. The highest BCUT2D eigenvalue weighted by molar-refractivity contribution is 5.65. The van der Waals surface area contributed by atoms with Gasteiger partial charge in [-0.3, -0.25) is 0 Å². The van der Waals surface area contributed by atoms with E-state index in [-0.39, 0.29) is 0 Å². The van der Waals surface area contributed by atoms with Crippen LogP contribution in [0.25, 0.3) is 0 Å². The highest BCUT2D eigenvalue weighted by Gasteiger charge is 2.05. The van der Waals surface area contributed by atoms with E-state index < -0.39 is 0 Å². The summed E-state index contributed by atoms with van der Waals surface area (Å²) < 4.78 is 0. The molecular formula is C16H22N4. The number of aryl methyl sites for hydroxylation is 1. The van der Waals surface area contributed by atoms with Gasteiger partial charge in [-0.1, -0.05) is 0 Å². The Labute approximate surface area is 120 Å². The van der Waals surface area contributed by atoms with Gasteiger partial charge in [-0.05, 0) is 56.7 Å². The summed E-state index contributed by atoms with van der Waals surface area (Å²) in [5, 5.41) is 3.32. The number of anilines is 4. The SMILES string of the molecule is CCN(CC)c1ccc(Nc2ccc(N)cn2)c(C)c1. The Bertz CT molecular complexity index is 559. The molecule has 1 aromatic heterocycles. The lowest BCUT2D eigenvalue weighted by atomic mass is 10.1. The van der Waals surface area contributed by atoms with E-state index in [2.05, 4.69) is 54.2 Å². The van der Waals surface area contributed by atoms with E-state index in [9.17, 15) is 0 Å². The molecule has 0 radical (unpaired) electrons. The number of aromatic nitrogens is 1. The Balaban J connectivity index is 2.19. The van der Waals surface area contributed by atoms with Crippen molar-refractivity contribution in [2.75, 3.05) is 29.0 Å². The van der Waals surface area contributed by atoms with E-state index >= 15 is 0 Å². The molecule has 4 nitrogen and oxygen atoms in total. The van der Waals surface area contributed by atoms with Crippen LogP contribution in [0, 0.1) is 6.92 Å². The van der Waals surface area contributed by atoms with Crippen LogP contribution < -0.4 is 16.0 Å². The van der Waals surface area contributed by atoms with Crippen LogP contribution in [0.3, 0.4) is 0 Å². The van der Waals surface area contributed by atoms with Gasteiger partial charge in [0.05, 0.1) is 11.9 Å². The molecule has 0 saturated carbocycles. The van der Waals surface area contributed by atoms with Gasteiger partial charge in [0.15, 0.2) is 0 Å². The molecular weight excluding hydrogens is 248 g/mol. The molecule has 4 heteroatoms. The molecule has 1 aromatic carbocycles. The van der Waals surface area contributed by atoms with Crippen molar-refractivity contribution in [3.8, 4) is 0 Å². The summed E-state index contributed by atoms with van der Waals surface area (Å²) in [7, 11) is 0. The summed E-state index contributed by atoms with van der Waals surface area (Å²) >= 11 is 0. The van der Waals surface area contributed by atoms with Crippen LogP contribution >= 0.6 is 0 Å². The molecule has 106 valence electrons. The van der Waals surface area contributed by atoms with Crippen molar-refractivity contribution >= 4 is 22.9 Å². The molecule has 0 bridgehead atoms. The maximum atomic E-state index is 5.64. The van der Waals surface area contributed by atoms with Gasteiger partial charge in [-0.25, -0.2) is 4.98 Å². The van der Waals surface area contributed by atoms with Gasteiger partial charge in [-0.2, -0.15) is 0 Å². The van der Waals surface area contributed by atoms with Crippen LogP contribution in [0.5, 0.6) is 0 Å². The Hall–Kier alpha value is -2.23. The van der Waals surface area contributed by atoms with E-state index in [0.717, 1.165) is 24.6 Å². The number of nitrogens with zero attached hydrogens (tertiary/aromatic N) is 2. The van der Waals surface area contributed by atoms with Gasteiger partial charge >= 0.3 is 0 Å². The second kappa shape index (κ2) is 6.28. The Morgan fingerprint density at radius 1 is 1.15 bits per heavy atom. The molecule has 0 aliphatic carbocycles. The molecule has 3 N–H and O–H groups in total. The van der Waals surface area contributed by atoms with E-state index in [0.29, 0.717) is 5.69 Å². The smallest absolute Gasteiger partial charge is 0.130 e. The minimum Gasteiger partial charge on any atom is -0.397 e. The number of nitrogens with one attached hydrogen (secondary N) is 1. The summed E-state index contributed by atoms with van der Waals surface area (Å²) in [6.07, 6.45) is 1.65. The highest BCUT2D eigenvalue weighted by atomic mass is 15.1. The average molecular weight is 270 g/mol. The first-order valence-electron chi connectivity index (χ1n) is 6.98. The second-order valence-electron chi connectivity index (χ2n) is 4.77. The van der Waals surface area contributed by atoms with Gasteiger partial charge < -0.3 is 16.0 Å². The van der Waals surface area contributed by atoms with Crippen molar-refractivity contribution in [3.63, 3.8) is 0 Å². The third kappa shape index (κ3) is 3.20. The van der Waals surface area contributed by atoms with E-state index in [1.807, 2.05) is 12.1 Å². The van der Waals surface area contributed by atoms with Gasteiger partial charge in [0.1, 0.15) is 5.82 Å². The standard InChI is InChI=1S/C16H22N4/c1-4-20(5-2)14-7-8-15(12(3)10-14)19-16-9-6-13(17)11-18-16/h6-11H,4-5,17H2,1-3H3,(H,18,19). The van der Waals surface area contributed by atoms with Crippen LogP contribution in [0.15, 0.2) is 36.5 Å². The monoisotopic (exact) mass is 270 g/mol. The van der Waals surface area contributed by atoms with Gasteiger partial charge in [-0.15, -0.1) is 0 Å². The topological polar surface area (TPSA) is 54.2 Å². The van der Waals surface area contributed by atoms with Crippen LogP contribution in [0.1, 0.15) is 19.4 Å². The average Bonchev–Trinajstić information content (AvgIpc) is 2.45. The Kier molecular flexibility index (Phi) is 4.45. The third-order valence-corrected chi connectivity index (χ3v) is 3.39. The van der Waals surface area contributed by atoms with Crippen LogP contribution in [-0.4, -0.2) is 18.1 Å². The number of rotatable bonds is 5. The zero-order chi connectivity index (χ0) is 14.5. The quantitative estimate of drug-likeness (QED) is 0.872. The van der Waals surface area contributed by atoms with Crippen LogP contribution in [-0.2, 0) is 0 Å². The first-order valence-corrected chi connectivity index (χ1v) is 6.98. The normalized spacial score (nSPS) is 10.3. The molecule has 0 aliphatic rings. The highest BCUT2D eigenvalue weighted by Crippen LogP contribution is 2.25. The zero-order valence-electron chi connectivity index (χ0n) is 12.4. The summed E-state index contributed by atoms with van der Waals surface area (Å²) in [6, 6.07) is 10.2. The molecule has 0 fully saturated rings. The lowest BCUT2D eigenvalue weighted by molar-refractivity contribution is 0.866. The van der Waals surface area contributed by atoms with Crippen molar-refractivity contribution in [1.29, 1.82) is 0 Å². The number of benzene rings is 1. The third-order valence-electron chi connectivity index (χ3n) is 3.39. The second-order valence-corrected chi connectivity index (χ2v) is 4.77. The molecule has 2 rings (SSSR count). The van der Waals surface area contributed by atoms with Gasteiger partial charge in [0, 0.05) is 24.5 Å². The number of nitrogens with two attached hydrogens (primary N) is 1. The number of nitrogen functional groups attached to an aromatic ring is 1. The van der Waals surface area contributed by atoms with Gasteiger partial charge in [0.25, 0.3) is 0 Å². The van der Waals surface area contributed by atoms with E-state index in [1.54, 1.807) is 6.20 Å². The fourth-order valence-electron chi connectivity index (χ4n) is 2.19. The largest absolute Gasteiger partial charge is 0.397 e.